The van der Waals surface area contributed by atoms with Crippen molar-refractivity contribution in [1.82, 2.24) is 0 Å². The van der Waals surface area contributed by atoms with Crippen molar-refractivity contribution >= 4 is 23.2 Å². The third-order valence-corrected chi connectivity index (χ3v) is 3.75. The Morgan fingerprint density at radius 1 is 1.11 bits per heavy atom. The molecular formula is C14H13FN2O2. The van der Waals surface area contributed by atoms with Gasteiger partial charge in [-0.15, -0.1) is 0 Å². The number of nitrogens with two attached hydrogens (primary N) is 1. The second-order valence-electron chi connectivity index (χ2n) is 4.87. The van der Waals surface area contributed by atoms with E-state index < -0.39 is 5.82 Å². The Bertz CT molecular complexity index is 571. The lowest BCUT2D eigenvalue weighted by atomic mass is 9.85. The number of hydrogen-bond acceptors (Lipinski definition) is 3. The Hall–Kier alpha value is -2.17. The Balaban J connectivity index is 1.99. The lowest BCUT2D eigenvalue weighted by Crippen LogP contribution is -2.30. The van der Waals surface area contributed by atoms with Crippen LogP contribution in [-0.4, -0.2) is 11.8 Å². The van der Waals surface area contributed by atoms with Crippen molar-refractivity contribution in [1.29, 1.82) is 0 Å². The van der Waals surface area contributed by atoms with Crippen LogP contribution in [0.3, 0.4) is 0 Å². The summed E-state index contributed by atoms with van der Waals surface area (Å²) in [6, 6.07) is 3.91. The molecule has 1 aliphatic carbocycles. The molecule has 0 spiro atoms. The van der Waals surface area contributed by atoms with Crippen molar-refractivity contribution in [3.8, 4) is 0 Å². The third-order valence-electron chi connectivity index (χ3n) is 3.75. The summed E-state index contributed by atoms with van der Waals surface area (Å²) in [4.78, 5) is 25.7. The van der Waals surface area contributed by atoms with Crippen LogP contribution < -0.4 is 10.6 Å². The quantitative estimate of drug-likeness (QED) is 0.476. The molecule has 2 aliphatic rings. The van der Waals surface area contributed by atoms with Crippen molar-refractivity contribution in [3.05, 3.63) is 36.2 Å². The number of nitrogens with zero attached hydrogens (tertiary/aromatic N) is 1. The van der Waals surface area contributed by atoms with Crippen molar-refractivity contribution in [2.45, 2.75) is 12.8 Å². The van der Waals surface area contributed by atoms with Crippen LogP contribution in [0.15, 0.2) is 30.4 Å². The molecule has 0 radical (unpaired) electrons. The number of hydrogen-bond donors (Lipinski definition) is 1. The van der Waals surface area contributed by atoms with Gasteiger partial charge in [-0.25, -0.2) is 9.29 Å². The number of carbonyl (C=O) groups is 2. The topological polar surface area (TPSA) is 63.4 Å². The molecule has 1 aromatic carbocycles. The van der Waals surface area contributed by atoms with Crippen LogP contribution >= 0.6 is 0 Å². The van der Waals surface area contributed by atoms with E-state index >= 15 is 0 Å². The van der Waals surface area contributed by atoms with E-state index in [9.17, 15) is 14.0 Å². The highest BCUT2D eigenvalue weighted by Gasteiger charge is 2.47. The van der Waals surface area contributed by atoms with E-state index in [0.29, 0.717) is 18.5 Å². The van der Waals surface area contributed by atoms with Crippen LogP contribution in [0.5, 0.6) is 0 Å². The monoisotopic (exact) mass is 260 g/mol. The zero-order valence-electron chi connectivity index (χ0n) is 10.2. The SMILES string of the molecule is Nc1cc(N2C(=O)[C@H]3CC=CC[C@H]3C2=O)ccc1F. The smallest absolute Gasteiger partial charge is 0.238 e. The highest BCUT2D eigenvalue weighted by molar-refractivity contribution is 6.22. The van der Waals surface area contributed by atoms with Gasteiger partial charge in [0.1, 0.15) is 5.82 Å². The second-order valence-corrected chi connectivity index (χ2v) is 4.87. The average Bonchev–Trinajstić information content (AvgIpc) is 2.66. The second kappa shape index (κ2) is 4.19. The van der Waals surface area contributed by atoms with Crippen LogP contribution in [0, 0.1) is 17.7 Å². The summed E-state index contributed by atoms with van der Waals surface area (Å²) in [6.45, 7) is 0. The van der Waals surface area contributed by atoms with Gasteiger partial charge >= 0.3 is 0 Å². The van der Waals surface area contributed by atoms with E-state index in [4.69, 9.17) is 5.73 Å². The molecule has 0 unspecified atom stereocenters. The first-order chi connectivity index (χ1) is 9.09. The van der Waals surface area contributed by atoms with Crippen molar-refractivity contribution in [3.63, 3.8) is 0 Å². The minimum Gasteiger partial charge on any atom is -0.396 e. The van der Waals surface area contributed by atoms with Crippen LogP contribution in [0.25, 0.3) is 0 Å². The molecule has 0 saturated carbocycles. The summed E-state index contributed by atoms with van der Waals surface area (Å²) in [7, 11) is 0. The number of nitrogen functional groups attached to an aromatic ring is 1. The summed E-state index contributed by atoms with van der Waals surface area (Å²) < 4.78 is 13.2. The fraction of sp³-hybridized carbons (Fsp3) is 0.286. The fourth-order valence-electron chi connectivity index (χ4n) is 2.73. The number of imide groups is 1. The average molecular weight is 260 g/mol. The third kappa shape index (κ3) is 1.73. The minimum absolute atomic E-state index is 0.0638. The molecule has 1 aliphatic heterocycles. The maximum atomic E-state index is 13.2. The number of benzene rings is 1. The molecule has 3 rings (SSSR count). The van der Waals surface area contributed by atoms with Gasteiger partial charge in [-0.1, -0.05) is 12.2 Å². The first-order valence-corrected chi connectivity index (χ1v) is 6.17. The maximum Gasteiger partial charge on any atom is 0.238 e. The van der Waals surface area contributed by atoms with Gasteiger partial charge in [0, 0.05) is 0 Å². The molecule has 5 heteroatoms. The number of anilines is 2. The largest absolute Gasteiger partial charge is 0.396 e. The number of allylic oxidation sites excluding steroid dienone is 2. The molecule has 1 fully saturated rings. The van der Waals surface area contributed by atoms with Crippen LogP contribution in [0.1, 0.15) is 12.8 Å². The molecule has 1 aromatic rings. The summed E-state index contributed by atoms with van der Waals surface area (Å²) in [5.74, 6) is -1.56. The zero-order chi connectivity index (χ0) is 13.6. The Kier molecular flexibility index (Phi) is 2.62. The number of fused-ring (bicyclic) bond motifs is 1. The standard InChI is InChI=1S/C14H13FN2O2/c15-11-6-5-8(7-12(11)16)17-13(18)9-3-1-2-4-10(9)14(17)19/h1-2,5-7,9-10H,3-4,16H2/t9-,10+. The highest BCUT2D eigenvalue weighted by atomic mass is 19.1. The Morgan fingerprint density at radius 3 is 2.21 bits per heavy atom. The predicted molar refractivity (Wildman–Crippen MR) is 68.7 cm³/mol. The van der Waals surface area contributed by atoms with Gasteiger partial charge in [-0.3, -0.25) is 9.59 Å². The fourth-order valence-corrected chi connectivity index (χ4v) is 2.73. The molecule has 4 nitrogen and oxygen atoms in total. The lowest BCUT2D eigenvalue weighted by molar-refractivity contribution is -0.122. The number of rotatable bonds is 1. The molecule has 98 valence electrons. The van der Waals surface area contributed by atoms with Crippen LogP contribution in [-0.2, 0) is 9.59 Å². The van der Waals surface area contributed by atoms with Crippen molar-refractivity contribution in [2.24, 2.45) is 11.8 Å². The number of carbonyl (C=O) groups excluding carboxylic acids is 2. The van der Waals surface area contributed by atoms with E-state index in [-0.39, 0.29) is 29.3 Å². The molecule has 19 heavy (non-hydrogen) atoms. The lowest BCUT2D eigenvalue weighted by Gasteiger charge is -2.15. The van der Waals surface area contributed by atoms with Gasteiger partial charge in [0.2, 0.25) is 11.8 Å². The first-order valence-electron chi connectivity index (χ1n) is 6.17. The van der Waals surface area contributed by atoms with Gasteiger partial charge in [-0.05, 0) is 31.0 Å². The molecule has 0 aromatic heterocycles. The zero-order valence-corrected chi connectivity index (χ0v) is 10.2. The van der Waals surface area contributed by atoms with Gasteiger partial charge in [0.15, 0.2) is 0 Å². The molecule has 2 amide bonds. The maximum absolute atomic E-state index is 13.2. The number of amides is 2. The number of halogens is 1. The van der Waals surface area contributed by atoms with Gasteiger partial charge < -0.3 is 5.73 Å². The van der Waals surface area contributed by atoms with E-state index in [1.54, 1.807) is 0 Å². The predicted octanol–water partition coefficient (Wildman–Crippen LogP) is 1.86. The Morgan fingerprint density at radius 2 is 1.68 bits per heavy atom. The van der Waals surface area contributed by atoms with Crippen molar-refractivity contribution < 1.29 is 14.0 Å². The van der Waals surface area contributed by atoms with E-state index in [1.165, 1.54) is 18.2 Å². The molecule has 1 heterocycles. The molecule has 1 saturated heterocycles. The minimum atomic E-state index is -0.554. The molecule has 0 bridgehead atoms. The normalized spacial score (nSPS) is 25.8. The van der Waals surface area contributed by atoms with Crippen molar-refractivity contribution in [2.75, 3.05) is 10.6 Å². The van der Waals surface area contributed by atoms with Crippen LogP contribution in [0.4, 0.5) is 15.8 Å². The van der Waals surface area contributed by atoms with E-state index in [0.717, 1.165) is 4.90 Å². The summed E-state index contributed by atoms with van der Waals surface area (Å²) in [5.41, 5.74) is 5.78. The molecule has 2 N–H and O–H groups in total. The highest BCUT2D eigenvalue weighted by Crippen LogP contribution is 2.38. The first kappa shape index (κ1) is 11.9. The molecular weight excluding hydrogens is 247 g/mol. The van der Waals surface area contributed by atoms with Gasteiger partial charge in [-0.2, -0.15) is 0 Å². The summed E-state index contributed by atoms with van der Waals surface area (Å²) in [6.07, 6.45) is 5.02. The summed E-state index contributed by atoms with van der Waals surface area (Å²) in [5, 5.41) is 0. The van der Waals surface area contributed by atoms with Gasteiger partial charge in [0.05, 0.1) is 23.2 Å². The summed E-state index contributed by atoms with van der Waals surface area (Å²) >= 11 is 0. The van der Waals surface area contributed by atoms with E-state index in [2.05, 4.69) is 0 Å². The van der Waals surface area contributed by atoms with E-state index in [1.807, 2.05) is 12.2 Å². The van der Waals surface area contributed by atoms with Gasteiger partial charge in [0.25, 0.3) is 0 Å². The van der Waals surface area contributed by atoms with Crippen LogP contribution in [0.2, 0.25) is 0 Å². The molecule has 2 atom stereocenters. The Labute approximate surface area is 109 Å².